The number of amides is 5. The van der Waals surface area contributed by atoms with Crippen LogP contribution in [0, 0.1) is 11.8 Å². The van der Waals surface area contributed by atoms with Crippen LogP contribution in [-0.4, -0.2) is 94.9 Å². The maximum atomic E-state index is 14.2. The van der Waals surface area contributed by atoms with Crippen LogP contribution >= 0.6 is 23.2 Å². The number of ether oxygens (including phenoxy) is 2. The maximum absolute atomic E-state index is 14.2. The van der Waals surface area contributed by atoms with Gasteiger partial charge in [-0.1, -0.05) is 76.0 Å². The molecule has 1 aromatic rings. The van der Waals surface area contributed by atoms with E-state index >= 15 is 0 Å². The molecule has 1 rings (SSSR count). The highest BCUT2D eigenvalue weighted by molar-refractivity contribution is 6.28. The number of nitrogens with one attached hydrogen (secondary N) is 4. The zero-order chi connectivity index (χ0) is 37.6. The van der Waals surface area contributed by atoms with E-state index in [4.69, 9.17) is 32.7 Å². The van der Waals surface area contributed by atoms with Crippen LogP contribution in [0.25, 0.3) is 0 Å². The Kier molecular flexibility index (Phi) is 17.9. The second-order valence-electron chi connectivity index (χ2n) is 13.3. The minimum Gasteiger partial charge on any atom is -0.467 e. The second-order valence-corrected chi connectivity index (χ2v) is 14.1. The largest absolute Gasteiger partial charge is 0.467 e. The molecule has 0 spiro atoms. The summed E-state index contributed by atoms with van der Waals surface area (Å²) in [5.41, 5.74) is -1.29. The highest BCUT2D eigenvalue weighted by Crippen LogP contribution is 2.18. The molecule has 0 fully saturated rings. The van der Waals surface area contributed by atoms with E-state index in [1.165, 1.54) is 21.0 Å². The predicted octanol–water partition coefficient (Wildman–Crippen LogP) is 3.49. The highest BCUT2D eigenvalue weighted by atomic mass is 35.5. The molecule has 13 nitrogen and oxygen atoms in total. The number of esters is 1. The van der Waals surface area contributed by atoms with Crippen LogP contribution in [0.1, 0.15) is 74.3 Å². The zero-order valence-electron chi connectivity index (χ0n) is 30.1. The van der Waals surface area contributed by atoms with Gasteiger partial charge in [0.25, 0.3) is 0 Å². The van der Waals surface area contributed by atoms with Gasteiger partial charge in [-0.25, -0.2) is 9.59 Å². The van der Waals surface area contributed by atoms with E-state index in [0.29, 0.717) is 12.0 Å². The van der Waals surface area contributed by atoms with E-state index in [1.807, 2.05) is 6.92 Å². The SMILES string of the molecule is CC[C@H](C)[C@H](NC(=O)C(C)N(C(=O)[C@H](Cc1ccccc1)NC(=O)[C@H](C)NC(=O)OC(C)(C)C)C(Cl)CCl)C(=O)N[C@H](C(=O)OC)C(C)C. The number of hydrogen-bond donors (Lipinski definition) is 4. The van der Waals surface area contributed by atoms with Crippen molar-refractivity contribution in [2.24, 2.45) is 11.8 Å². The third kappa shape index (κ3) is 14.1. The Morgan fingerprint density at radius 3 is 1.90 bits per heavy atom. The van der Waals surface area contributed by atoms with Crippen LogP contribution in [-0.2, 0) is 39.9 Å². The van der Waals surface area contributed by atoms with Crippen molar-refractivity contribution in [3.63, 3.8) is 0 Å². The summed E-state index contributed by atoms with van der Waals surface area (Å²) in [6.07, 6.45) is -0.300. The smallest absolute Gasteiger partial charge is 0.408 e. The summed E-state index contributed by atoms with van der Waals surface area (Å²) in [5, 5.41) is 10.5. The zero-order valence-corrected chi connectivity index (χ0v) is 31.6. The van der Waals surface area contributed by atoms with Crippen molar-refractivity contribution in [2.75, 3.05) is 13.0 Å². The van der Waals surface area contributed by atoms with Crippen LogP contribution < -0.4 is 21.3 Å². The van der Waals surface area contributed by atoms with E-state index in [-0.39, 0.29) is 24.1 Å². The van der Waals surface area contributed by atoms with Gasteiger partial charge in [0.05, 0.1) is 13.0 Å². The Hall–Kier alpha value is -3.58. The van der Waals surface area contributed by atoms with E-state index in [9.17, 15) is 28.8 Å². The first-order valence-corrected chi connectivity index (χ1v) is 17.3. The lowest BCUT2D eigenvalue weighted by atomic mass is 9.96. The number of halogens is 2. The number of benzene rings is 1. The number of carbonyl (C=O) groups is 6. The van der Waals surface area contributed by atoms with Crippen molar-refractivity contribution < 1.29 is 38.2 Å². The first-order valence-electron chi connectivity index (χ1n) is 16.3. The van der Waals surface area contributed by atoms with Gasteiger partial charge in [0.15, 0.2) is 0 Å². The molecule has 276 valence electrons. The summed E-state index contributed by atoms with van der Waals surface area (Å²) in [5.74, 6) is -4.28. The van der Waals surface area contributed by atoms with Crippen LogP contribution in [0.3, 0.4) is 0 Å². The molecule has 0 aliphatic carbocycles. The molecule has 5 amide bonds. The maximum Gasteiger partial charge on any atom is 0.408 e. The van der Waals surface area contributed by atoms with Crippen LogP contribution in [0.5, 0.6) is 0 Å². The average Bonchev–Trinajstić information content (AvgIpc) is 3.03. The lowest BCUT2D eigenvalue weighted by Crippen LogP contribution is -2.62. The molecule has 0 aliphatic heterocycles. The first kappa shape index (κ1) is 43.4. The number of rotatable bonds is 17. The number of methoxy groups -OCH3 is 1. The standard InChI is InChI=1S/C34H53Cl2N5O8/c1-11-20(4)27(30(44)39-26(19(2)3)32(46)48-10)40-29(43)22(6)41(25(36)18-35)31(45)24(17-23-15-13-12-14-16-23)38-28(42)21(5)37-33(47)49-34(7,8)9/h12-16,19-22,24-27H,11,17-18H2,1-10H3,(H,37,47)(H,38,42)(H,39,44)(H,40,43)/t20-,21-,22?,24-,25?,26-,27-/m0/s1. The van der Waals surface area contributed by atoms with E-state index in [2.05, 4.69) is 21.3 Å². The van der Waals surface area contributed by atoms with Gasteiger partial charge < -0.3 is 35.6 Å². The Balaban J connectivity index is 3.39. The summed E-state index contributed by atoms with van der Waals surface area (Å²) in [6.45, 7) is 15.0. The fourth-order valence-electron chi connectivity index (χ4n) is 4.69. The predicted molar refractivity (Wildman–Crippen MR) is 188 cm³/mol. The molecule has 15 heteroatoms. The van der Waals surface area contributed by atoms with Crippen LogP contribution in [0.15, 0.2) is 30.3 Å². The van der Waals surface area contributed by atoms with Gasteiger partial charge in [0, 0.05) is 6.42 Å². The molecule has 7 atom stereocenters. The Labute approximate surface area is 299 Å². The van der Waals surface area contributed by atoms with E-state index in [0.717, 1.165) is 4.90 Å². The first-order chi connectivity index (χ1) is 22.8. The minimum absolute atomic E-state index is 0.0172. The van der Waals surface area contributed by atoms with E-state index < -0.39 is 77.0 Å². The van der Waals surface area contributed by atoms with Gasteiger partial charge in [0.2, 0.25) is 23.6 Å². The molecule has 0 heterocycles. The molecule has 0 bridgehead atoms. The molecule has 4 N–H and O–H groups in total. The number of alkyl halides is 2. The van der Waals surface area contributed by atoms with Gasteiger partial charge in [-0.3, -0.25) is 19.2 Å². The minimum atomic E-state index is -1.26. The Bertz CT molecular complexity index is 1280. The quantitative estimate of drug-likeness (QED) is 0.107. The van der Waals surface area contributed by atoms with E-state index in [1.54, 1.807) is 71.9 Å². The van der Waals surface area contributed by atoms with Gasteiger partial charge in [0.1, 0.15) is 41.3 Å². The topological polar surface area (TPSA) is 172 Å². The van der Waals surface area contributed by atoms with Gasteiger partial charge in [-0.2, -0.15) is 0 Å². The van der Waals surface area contributed by atoms with Gasteiger partial charge in [-0.05, 0) is 52.0 Å². The van der Waals surface area contributed by atoms with Crippen LogP contribution in [0.2, 0.25) is 0 Å². The third-order valence-corrected chi connectivity index (χ3v) is 8.53. The number of nitrogens with zero attached hydrogens (tertiary/aromatic N) is 1. The molecular formula is C34H53Cl2N5O8. The average molecular weight is 731 g/mol. The normalized spacial score (nSPS) is 15.7. The molecule has 0 aliphatic rings. The fraction of sp³-hybridized carbons (Fsp3) is 0.647. The summed E-state index contributed by atoms with van der Waals surface area (Å²) >= 11 is 12.7. The summed E-state index contributed by atoms with van der Waals surface area (Å²) in [4.78, 5) is 80.4. The van der Waals surface area contributed by atoms with Crippen molar-refractivity contribution in [1.29, 1.82) is 0 Å². The Morgan fingerprint density at radius 1 is 0.837 bits per heavy atom. The van der Waals surface area contributed by atoms with Crippen molar-refractivity contribution in [3.8, 4) is 0 Å². The third-order valence-electron chi connectivity index (χ3n) is 7.72. The van der Waals surface area contributed by atoms with Crippen LogP contribution in [0.4, 0.5) is 4.79 Å². The summed E-state index contributed by atoms with van der Waals surface area (Å²) in [6, 6.07) is 3.25. The number of alkyl carbamates (subject to hydrolysis) is 1. The molecular weight excluding hydrogens is 677 g/mol. The summed E-state index contributed by atoms with van der Waals surface area (Å²) < 4.78 is 10.1. The van der Waals surface area contributed by atoms with Crippen molar-refractivity contribution in [3.05, 3.63) is 35.9 Å². The molecule has 49 heavy (non-hydrogen) atoms. The monoisotopic (exact) mass is 729 g/mol. The highest BCUT2D eigenvalue weighted by Gasteiger charge is 2.39. The fourth-order valence-corrected chi connectivity index (χ4v) is 5.11. The Morgan fingerprint density at radius 2 is 1.41 bits per heavy atom. The van der Waals surface area contributed by atoms with Crippen molar-refractivity contribution in [2.45, 2.75) is 116 Å². The lowest BCUT2D eigenvalue weighted by molar-refractivity contribution is -0.147. The summed E-state index contributed by atoms with van der Waals surface area (Å²) in [7, 11) is 1.22. The van der Waals surface area contributed by atoms with Gasteiger partial charge in [-0.15, -0.1) is 11.6 Å². The molecule has 0 saturated heterocycles. The lowest BCUT2D eigenvalue weighted by Gasteiger charge is -2.36. The van der Waals surface area contributed by atoms with Gasteiger partial charge >= 0.3 is 12.1 Å². The number of carbonyl (C=O) groups excluding carboxylic acids is 6. The second kappa shape index (κ2) is 20.2. The molecule has 0 radical (unpaired) electrons. The van der Waals surface area contributed by atoms with Crippen molar-refractivity contribution >= 4 is 58.9 Å². The molecule has 2 unspecified atom stereocenters. The number of hydrogen-bond acceptors (Lipinski definition) is 8. The van der Waals surface area contributed by atoms with Crippen molar-refractivity contribution in [1.82, 2.24) is 26.2 Å². The molecule has 1 aromatic carbocycles. The molecule has 0 aromatic heterocycles. The molecule has 0 saturated carbocycles.